The van der Waals surface area contributed by atoms with E-state index in [0.717, 1.165) is 7.11 Å². The van der Waals surface area contributed by atoms with Crippen molar-refractivity contribution in [2.45, 2.75) is 12.3 Å². The van der Waals surface area contributed by atoms with Crippen LogP contribution in [0.15, 0.2) is 59.6 Å². The van der Waals surface area contributed by atoms with Gasteiger partial charge in [-0.3, -0.25) is 4.79 Å². The molecule has 3 rings (SSSR count). The monoisotopic (exact) mass is 442 g/mol. The lowest BCUT2D eigenvalue weighted by Crippen LogP contribution is -2.51. The molecule has 0 amide bonds. The van der Waals surface area contributed by atoms with E-state index in [9.17, 15) is 19.2 Å². The lowest BCUT2D eigenvalue weighted by atomic mass is 9.66. The smallest absolute Gasteiger partial charge is 0.339 e. The highest BCUT2D eigenvalue weighted by atomic mass is 16.6. The molecule has 2 aliphatic heterocycles. The van der Waals surface area contributed by atoms with Crippen LogP contribution in [0.1, 0.15) is 12.5 Å². The third-order valence-corrected chi connectivity index (χ3v) is 5.24. The normalized spacial score (nSPS) is 19.5. The Morgan fingerprint density at radius 2 is 1.84 bits per heavy atom. The van der Waals surface area contributed by atoms with Crippen molar-refractivity contribution in [3.05, 3.63) is 65.2 Å². The second-order valence-electron chi connectivity index (χ2n) is 6.89. The number of methoxy groups -OCH3 is 2. The minimum Gasteiger partial charge on any atom is -0.468 e. The van der Waals surface area contributed by atoms with E-state index >= 15 is 0 Å². The quantitative estimate of drug-likeness (QED) is 0.383. The SMILES string of the molecule is C=CCOC(=O)C1=C(C)OC(=O)[C@]12C(C(=O)OC)=C(N)N(CC(=O)OC)c1ccccc12. The summed E-state index contributed by atoms with van der Waals surface area (Å²) < 4.78 is 20.2. The second-order valence-corrected chi connectivity index (χ2v) is 6.89. The highest BCUT2D eigenvalue weighted by molar-refractivity contribution is 6.16. The molecule has 0 bridgehead atoms. The van der Waals surface area contributed by atoms with Crippen LogP contribution < -0.4 is 10.6 Å². The molecule has 0 saturated heterocycles. The van der Waals surface area contributed by atoms with E-state index in [2.05, 4.69) is 6.58 Å². The molecule has 2 heterocycles. The Kier molecular flexibility index (Phi) is 6.06. The minimum atomic E-state index is -2.05. The van der Waals surface area contributed by atoms with E-state index < -0.39 is 29.3 Å². The van der Waals surface area contributed by atoms with Gasteiger partial charge in [-0.2, -0.15) is 0 Å². The molecule has 0 unspecified atom stereocenters. The predicted molar refractivity (Wildman–Crippen MR) is 111 cm³/mol. The summed E-state index contributed by atoms with van der Waals surface area (Å²) in [5.74, 6) is -3.74. The number of esters is 4. The number of fused-ring (bicyclic) bond motifs is 2. The first-order valence-electron chi connectivity index (χ1n) is 9.49. The van der Waals surface area contributed by atoms with Crippen molar-refractivity contribution in [2.24, 2.45) is 5.73 Å². The van der Waals surface area contributed by atoms with Crippen LogP contribution in [0.5, 0.6) is 0 Å². The Hall–Kier alpha value is -4.08. The molecule has 32 heavy (non-hydrogen) atoms. The molecule has 1 spiro atoms. The third-order valence-electron chi connectivity index (χ3n) is 5.24. The van der Waals surface area contributed by atoms with Crippen LogP contribution in [0.2, 0.25) is 0 Å². The van der Waals surface area contributed by atoms with Gasteiger partial charge in [-0.05, 0) is 13.0 Å². The van der Waals surface area contributed by atoms with Gasteiger partial charge < -0.3 is 29.6 Å². The summed E-state index contributed by atoms with van der Waals surface area (Å²) in [7, 11) is 2.31. The van der Waals surface area contributed by atoms with Crippen molar-refractivity contribution in [1.29, 1.82) is 0 Å². The van der Waals surface area contributed by atoms with E-state index in [-0.39, 0.29) is 41.4 Å². The van der Waals surface area contributed by atoms with Gasteiger partial charge in [0, 0.05) is 11.3 Å². The van der Waals surface area contributed by atoms with Crippen molar-refractivity contribution in [3.8, 4) is 0 Å². The molecule has 1 aromatic rings. The van der Waals surface area contributed by atoms with Crippen molar-refractivity contribution < 1.29 is 38.1 Å². The summed E-state index contributed by atoms with van der Waals surface area (Å²) in [6.45, 7) is 4.42. The minimum absolute atomic E-state index is 0.0468. The molecule has 0 aromatic heterocycles. The Morgan fingerprint density at radius 1 is 1.16 bits per heavy atom. The molecule has 0 radical (unpaired) electrons. The van der Waals surface area contributed by atoms with Crippen molar-refractivity contribution in [1.82, 2.24) is 0 Å². The first kappa shape index (κ1) is 22.6. The average molecular weight is 442 g/mol. The standard InChI is InChI=1S/C22H22N2O8/c1-5-10-31-20(27)16-12(2)32-21(28)22(16)13-8-6-7-9-14(13)24(11-15(25)29-3)18(23)17(22)19(26)30-4/h5-9H,1,10-11,23H2,2-4H3/t22-/m0/s1. The third kappa shape index (κ3) is 3.20. The molecule has 2 aliphatic rings. The number of para-hydroxylation sites is 1. The van der Waals surface area contributed by atoms with Gasteiger partial charge in [-0.25, -0.2) is 14.4 Å². The maximum atomic E-state index is 13.4. The molecular formula is C22H22N2O8. The van der Waals surface area contributed by atoms with Gasteiger partial charge in [0.05, 0.1) is 14.2 Å². The lowest BCUT2D eigenvalue weighted by Gasteiger charge is -2.40. The molecule has 1 atom stereocenters. The van der Waals surface area contributed by atoms with Crippen LogP contribution >= 0.6 is 0 Å². The van der Waals surface area contributed by atoms with Gasteiger partial charge in [-0.1, -0.05) is 30.9 Å². The van der Waals surface area contributed by atoms with Crippen molar-refractivity contribution in [2.75, 3.05) is 32.3 Å². The molecule has 0 aliphatic carbocycles. The van der Waals surface area contributed by atoms with Crippen LogP contribution in [-0.4, -0.2) is 51.2 Å². The second kappa shape index (κ2) is 8.58. The molecule has 0 fully saturated rings. The molecule has 2 N–H and O–H groups in total. The highest BCUT2D eigenvalue weighted by Crippen LogP contribution is 2.54. The number of hydrogen-bond donors (Lipinski definition) is 1. The maximum absolute atomic E-state index is 13.4. The van der Waals surface area contributed by atoms with E-state index in [0.29, 0.717) is 5.69 Å². The summed E-state index contributed by atoms with van der Waals surface area (Å²) in [5, 5.41) is 0. The Bertz CT molecular complexity index is 1090. The Balaban J connectivity index is 2.40. The summed E-state index contributed by atoms with van der Waals surface area (Å²) in [4.78, 5) is 52.8. The summed E-state index contributed by atoms with van der Waals surface area (Å²) >= 11 is 0. The number of carbonyl (C=O) groups excluding carboxylic acids is 4. The zero-order valence-corrected chi connectivity index (χ0v) is 17.8. The first-order valence-corrected chi connectivity index (χ1v) is 9.49. The van der Waals surface area contributed by atoms with Crippen molar-refractivity contribution >= 4 is 29.6 Å². The number of cyclic esters (lactones) is 1. The number of rotatable bonds is 6. The van der Waals surface area contributed by atoms with Crippen molar-refractivity contribution in [3.63, 3.8) is 0 Å². The van der Waals surface area contributed by atoms with E-state index in [1.165, 1.54) is 31.1 Å². The maximum Gasteiger partial charge on any atom is 0.339 e. The lowest BCUT2D eigenvalue weighted by molar-refractivity contribution is -0.146. The van der Waals surface area contributed by atoms with Crippen LogP contribution in [0.25, 0.3) is 0 Å². The van der Waals surface area contributed by atoms with Crippen LogP contribution in [0, 0.1) is 0 Å². The van der Waals surface area contributed by atoms with Gasteiger partial charge in [0.15, 0.2) is 5.41 Å². The fourth-order valence-corrected chi connectivity index (χ4v) is 3.95. The topological polar surface area (TPSA) is 134 Å². The summed E-state index contributed by atoms with van der Waals surface area (Å²) in [6.07, 6.45) is 1.36. The number of nitrogens with two attached hydrogens (primary N) is 1. The molecule has 0 saturated carbocycles. The molecule has 10 nitrogen and oxygen atoms in total. The number of hydrogen-bond acceptors (Lipinski definition) is 10. The number of nitrogens with zero attached hydrogens (tertiary/aromatic N) is 1. The predicted octanol–water partition coefficient (Wildman–Crippen LogP) is 0.821. The van der Waals surface area contributed by atoms with Gasteiger partial charge in [0.25, 0.3) is 0 Å². The Labute approximate surface area is 183 Å². The fourth-order valence-electron chi connectivity index (χ4n) is 3.95. The molecule has 10 heteroatoms. The molecular weight excluding hydrogens is 420 g/mol. The average Bonchev–Trinajstić information content (AvgIpc) is 3.04. The molecule has 168 valence electrons. The first-order chi connectivity index (χ1) is 15.2. The van der Waals surface area contributed by atoms with E-state index in [1.807, 2.05) is 0 Å². The Morgan fingerprint density at radius 3 is 2.47 bits per heavy atom. The number of carbonyl (C=O) groups is 4. The number of allylic oxidation sites excluding steroid dienone is 1. The summed E-state index contributed by atoms with van der Waals surface area (Å²) in [5.41, 5.74) is 4.22. The van der Waals surface area contributed by atoms with Gasteiger partial charge in [0.2, 0.25) is 0 Å². The fraction of sp³-hybridized carbons (Fsp3) is 0.273. The van der Waals surface area contributed by atoms with E-state index in [4.69, 9.17) is 24.7 Å². The van der Waals surface area contributed by atoms with Gasteiger partial charge in [-0.15, -0.1) is 0 Å². The number of benzene rings is 1. The summed E-state index contributed by atoms with van der Waals surface area (Å²) in [6, 6.07) is 6.39. The number of anilines is 1. The highest BCUT2D eigenvalue weighted by Gasteiger charge is 2.63. The van der Waals surface area contributed by atoms with Gasteiger partial charge in [0.1, 0.15) is 35.9 Å². The van der Waals surface area contributed by atoms with Crippen LogP contribution in [0.3, 0.4) is 0 Å². The molecule has 1 aromatic carbocycles. The van der Waals surface area contributed by atoms with Crippen LogP contribution in [0.4, 0.5) is 5.69 Å². The number of ether oxygens (including phenoxy) is 4. The zero-order valence-electron chi connectivity index (χ0n) is 17.8. The van der Waals surface area contributed by atoms with E-state index in [1.54, 1.807) is 18.2 Å². The van der Waals surface area contributed by atoms with Gasteiger partial charge >= 0.3 is 23.9 Å². The largest absolute Gasteiger partial charge is 0.468 e. The van der Waals surface area contributed by atoms with Crippen LogP contribution in [-0.2, 0) is 43.5 Å². The zero-order chi connectivity index (χ0) is 23.6.